The van der Waals surface area contributed by atoms with E-state index in [0.717, 1.165) is 66.0 Å². The molecule has 9 nitrogen and oxygen atoms in total. The molecule has 5 heterocycles. The summed E-state index contributed by atoms with van der Waals surface area (Å²) in [5, 5.41) is 10.3. The summed E-state index contributed by atoms with van der Waals surface area (Å²) in [7, 11) is 0. The number of aliphatic hydroxyl groups is 1. The summed E-state index contributed by atoms with van der Waals surface area (Å²) in [5.74, 6) is -0.112. The second kappa shape index (κ2) is 10.6. The van der Waals surface area contributed by atoms with Crippen molar-refractivity contribution < 1.29 is 14.7 Å². The molecule has 3 aromatic rings. The number of benzene rings is 1. The number of rotatable bonds is 5. The van der Waals surface area contributed by atoms with Crippen molar-refractivity contribution in [2.24, 2.45) is 0 Å². The van der Waals surface area contributed by atoms with E-state index in [1.165, 1.54) is 26.2 Å². The lowest BCUT2D eigenvalue weighted by Gasteiger charge is -2.48. The number of hydrogen-bond acceptors (Lipinski definition) is 6. The smallest absolute Gasteiger partial charge is 0.251 e. The summed E-state index contributed by atoms with van der Waals surface area (Å²) in [5.41, 5.74) is 4.63. The lowest BCUT2D eigenvalue weighted by atomic mass is 9.73. The number of fused-ring (bicyclic) bond motifs is 3. The maximum absolute atomic E-state index is 14.5. The molecule has 2 aromatic heterocycles. The number of hydrogen-bond donors (Lipinski definition) is 1. The minimum absolute atomic E-state index is 0.157. The van der Waals surface area contributed by atoms with Gasteiger partial charge in [0.2, 0.25) is 5.91 Å². The van der Waals surface area contributed by atoms with E-state index < -0.39 is 11.5 Å². The van der Waals surface area contributed by atoms with Crippen LogP contribution in [0.15, 0.2) is 30.6 Å². The molecular weight excluding hydrogens is 552 g/mol. The molecule has 0 radical (unpaired) electrons. The molecule has 42 heavy (non-hydrogen) atoms. The summed E-state index contributed by atoms with van der Waals surface area (Å²) in [6.45, 7) is 7.55. The molecule has 3 aliphatic heterocycles. The number of aliphatic hydroxyl groups excluding tert-OH is 1. The Morgan fingerprint density at radius 2 is 1.83 bits per heavy atom. The van der Waals surface area contributed by atoms with Crippen LogP contribution in [-0.2, 0) is 21.5 Å². The first kappa shape index (κ1) is 27.8. The number of pyridine rings is 1. The van der Waals surface area contributed by atoms with Gasteiger partial charge in [-0.3, -0.25) is 9.59 Å². The number of aromatic nitrogens is 3. The highest BCUT2D eigenvalue weighted by Crippen LogP contribution is 2.52. The van der Waals surface area contributed by atoms with Gasteiger partial charge >= 0.3 is 0 Å². The van der Waals surface area contributed by atoms with Gasteiger partial charge in [0.1, 0.15) is 11.6 Å². The van der Waals surface area contributed by atoms with Crippen molar-refractivity contribution in [3.63, 3.8) is 0 Å². The Bertz CT molecular complexity index is 1530. The Hall–Kier alpha value is -3.01. The van der Waals surface area contributed by atoms with Crippen molar-refractivity contribution in [2.45, 2.75) is 88.9 Å². The number of likely N-dealkylation sites (tertiary alicyclic amines) is 2. The van der Waals surface area contributed by atoms with Crippen LogP contribution in [0.4, 0.5) is 5.69 Å². The summed E-state index contributed by atoms with van der Waals surface area (Å²) in [6.07, 6.45) is 7.68. The van der Waals surface area contributed by atoms with Gasteiger partial charge < -0.3 is 24.4 Å². The van der Waals surface area contributed by atoms with Crippen LogP contribution < -0.4 is 4.90 Å². The zero-order valence-electron chi connectivity index (χ0n) is 24.4. The molecule has 2 saturated heterocycles. The standard InChI is InChI=1S/C32H39ClN6O3/c1-3-36-19-34-26-18-25(35-29(33)28(26)36)21-7-8-24-27(15-21)39(23-16-22(17-23)37-11-5-4-6-12-37)31(42)32(24)9-13-38(14-10-32)30(41)20(2)40/h7-8,15,18-20,22-23,40H,3-6,9-14,16-17H2,1-2H3/t20-,22?,23?/m1/s1. The predicted molar refractivity (Wildman–Crippen MR) is 163 cm³/mol. The molecule has 0 bridgehead atoms. The van der Waals surface area contributed by atoms with Crippen LogP contribution in [0.25, 0.3) is 22.3 Å². The molecule has 1 aliphatic carbocycles. The molecule has 4 aliphatic rings. The summed E-state index contributed by atoms with van der Waals surface area (Å²) in [4.78, 5) is 42.7. The van der Waals surface area contributed by atoms with Crippen molar-refractivity contribution in [3.05, 3.63) is 41.3 Å². The Morgan fingerprint density at radius 1 is 1.10 bits per heavy atom. The summed E-state index contributed by atoms with van der Waals surface area (Å²) < 4.78 is 1.99. The molecule has 1 saturated carbocycles. The third kappa shape index (κ3) is 4.35. The zero-order valence-corrected chi connectivity index (χ0v) is 25.2. The van der Waals surface area contributed by atoms with Crippen LogP contribution in [-0.4, -0.2) is 85.6 Å². The third-order valence-corrected chi connectivity index (χ3v) is 10.5. The SMILES string of the molecule is CCn1cnc2cc(-c3ccc4c(c3)N(C3CC(N5CCCCC5)C3)C(=O)C43CCN(C(=O)[C@@H](C)O)CC3)nc(Cl)c21. The Morgan fingerprint density at radius 3 is 2.52 bits per heavy atom. The van der Waals surface area contributed by atoms with E-state index in [4.69, 9.17) is 16.6 Å². The number of piperidine rings is 2. The highest BCUT2D eigenvalue weighted by atomic mass is 35.5. The van der Waals surface area contributed by atoms with Gasteiger partial charge in [-0.05, 0) is 83.2 Å². The number of anilines is 1. The van der Waals surface area contributed by atoms with Crippen molar-refractivity contribution in [2.75, 3.05) is 31.1 Å². The van der Waals surface area contributed by atoms with Crippen molar-refractivity contribution in [1.82, 2.24) is 24.3 Å². The number of carbonyl (C=O) groups is 2. The van der Waals surface area contributed by atoms with Gasteiger partial charge in [0.15, 0.2) is 5.15 Å². The van der Waals surface area contributed by atoms with E-state index in [2.05, 4.69) is 26.9 Å². The minimum Gasteiger partial charge on any atom is -0.384 e. The van der Waals surface area contributed by atoms with Crippen molar-refractivity contribution in [1.29, 1.82) is 0 Å². The molecule has 3 fully saturated rings. The van der Waals surface area contributed by atoms with Gasteiger partial charge in [-0.25, -0.2) is 9.97 Å². The highest BCUT2D eigenvalue weighted by Gasteiger charge is 2.56. The predicted octanol–water partition coefficient (Wildman–Crippen LogP) is 4.38. The first-order chi connectivity index (χ1) is 20.3. The van der Waals surface area contributed by atoms with Gasteiger partial charge in [0, 0.05) is 43.0 Å². The maximum Gasteiger partial charge on any atom is 0.251 e. The van der Waals surface area contributed by atoms with Crippen LogP contribution in [0, 0.1) is 0 Å². The van der Waals surface area contributed by atoms with E-state index in [-0.39, 0.29) is 17.9 Å². The van der Waals surface area contributed by atoms with E-state index in [9.17, 15) is 14.7 Å². The molecule has 1 atom stereocenters. The molecule has 10 heteroatoms. The topological polar surface area (TPSA) is 94.8 Å². The molecule has 1 aromatic carbocycles. The Kier molecular flexibility index (Phi) is 7.02. The van der Waals surface area contributed by atoms with E-state index >= 15 is 0 Å². The van der Waals surface area contributed by atoms with Crippen molar-refractivity contribution >= 4 is 40.1 Å². The minimum atomic E-state index is -1.04. The quantitative estimate of drug-likeness (QED) is 0.443. The number of amides is 2. The van der Waals surface area contributed by atoms with Crippen LogP contribution in [0.3, 0.4) is 0 Å². The van der Waals surface area contributed by atoms with Crippen LogP contribution in [0.5, 0.6) is 0 Å². The molecule has 7 rings (SSSR count). The normalized spacial score (nSPS) is 24.7. The average molecular weight is 591 g/mol. The number of carbonyl (C=O) groups excluding carboxylic acids is 2. The molecular formula is C32H39ClN6O3. The van der Waals surface area contributed by atoms with Gasteiger partial charge in [0.05, 0.1) is 23.0 Å². The third-order valence-electron chi connectivity index (χ3n) is 10.2. The lowest BCUT2D eigenvalue weighted by Crippen LogP contribution is -2.58. The van der Waals surface area contributed by atoms with E-state index in [1.54, 1.807) is 11.2 Å². The fourth-order valence-electron chi connectivity index (χ4n) is 7.76. The Balaban J connectivity index is 1.24. The number of aryl methyl sites for hydroxylation is 1. The Labute approximate surface area is 251 Å². The van der Waals surface area contributed by atoms with Gasteiger partial charge in [-0.2, -0.15) is 0 Å². The number of halogens is 1. The van der Waals surface area contributed by atoms with Crippen LogP contribution in [0.2, 0.25) is 5.15 Å². The molecule has 2 amide bonds. The number of imidazole rings is 1. The maximum atomic E-state index is 14.5. The van der Waals surface area contributed by atoms with Crippen LogP contribution in [0.1, 0.15) is 64.4 Å². The molecule has 222 valence electrons. The second-order valence-electron chi connectivity index (χ2n) is 12.6. The molecule has 0 unspecified atom stereocenters. The van der Waals surface area contributed by atoms with Crippen molar-refractivity contribution in [3.8, 4) is 11.3 Å². The summed E-state index contributed by atoms with van der Waals surface area (Å²) >= 11 is 6.67. The van der Waals surface area contributed by atoms with Gasteiger partial charge in [-0.1, -0.05) is 30.2 Å². The first-order valence-electron chi connectivity index (χ1n) is 15.5. The van der Waals surface area contributed by atoms with E-state index in [1.807, 2.05) is 23.6 Å². The fourth-order valence-corrected chi connectivity index (χ4v) is 8.05. The number of nitrogens with zero attached hydrogens (tertiary/aromatic N) is 6. The zero-order chi connectivity index (χ0) is 29.2. The second-order valence-corrected chi connectivity index (χ2v) is 12.9. The highest BCUT2D eigenvalue weighted by molar-refractivity contribution is 6.34. The molecule has 1 spiro atoms. The largest absolute Gasteiger partial charge is 0.384 e. The average Bonchev–Trinajstić information content (AvgIpc) is 3.50. The monoisotopic (exact) mass is 590 g/mol. The van der Waals surface area contributed by atoms with Gasteiger partial charge in [-0.15, -0.1) is 0 Å². The van der Waals surface area contributed by atoms with Crippen LogP contribution >= 0.6 is 11.6 Å². The van der Waals surface area contributed by atoms with E-state index in [0.29, 0.717) is 37.1 Å². The summed E-state index contributed by atoms with van der Waals surface area (Å²) in [6, 6.07) is 8.93. The molecule has 1 N–H and O–H groups in total. The first-order valence-corrected chi connectivity index (χ1v) is 15.9. The lowest BCUT2D eigenvalue weighted by molar-refractivity contribution is -0.142. The fraction of sp³-hybridized carbons (Fsp3) is 0.562. The van der Waals surface area contributed by atoms with Gasteiger partial charge in [0.25, 0.3) is 5.91 Å².